The molecular weight excluding hydrogens is 290 g/mol. The van der Waals surface area contributed by atoms with E-state index in [4.69, 9.17) is 4.74 Å². The summed E-state index contributed by atoms with van der Waals surface area (Å²) in [5, 5.41) is 0.166. The zero-order valence-electron chi connectivity index (χ0n) is 12.7. The van der Waals surface area contributed by atoms with Crippen LogP contribution in [0.1, 0.15) is 39.2 Å². The zero-order valence-corrected chi connectivity index (χ0v) is 13.5. The molecule has 1 aromatic heterocycles. The Kier molecular flexibility index (Phi) is 3.83. The second-order valence-electron chi connectivity index (χ2n) is 6.31. The fourth-order valence-corrected chi connectivity index (χ4v) is 4.58. The Morgan fingerprint density at radius 3 is 2.95 bits per heavy atom. The van der Waals surface area contributed by atoms with Crippen molar-refractivity contribution in [3.8, 4) is 0 Å². The first-order valence-corrected chi connectivity index (χ1v) is 9.02. The average Bonchev–Trinajstić information content (AvgIpc) is 3.19. The van der Waals surface area contributed by atoms with Gasteiger partial charge in [-0.2, -0.15) is 4.31 Å². The number of ether oxygens (including phenoxy) is 1. The highest BCUT2D eigenvalue weighted by atomic mass is 32.2. The SMILES string of the molecule is CC[C@H](C)n1cnc(S(=O)(=O)N2CC[C@@]3(CCOC3)C2)c1. The quantitative estimate of drug-likeness (QED) is 0.848. The summed E-state index contributed by atoms with van der Waals surface area (Å²) in [6, 6.07) is 0.259. The van der Waals surface area contributed by atoms with E-state index >= 15 is 0 Å². The summed E-state index contributed by atoms with van der Waals surface area (Å²) in [5.41, 5.74) is 0.0341. The molecule has 0 N–H and O–H groups in total. The predicted molar refractivity (Wildman–Crippen MR) is 78.5 cm³/mol. The van der Waals surface area contributed by atoms with Crippen LogP contribution in [-0.2, 0) is 14.8 Å². The standard InChI is InChI=1S/C14H23N3O3S/c1-3-12(2)16-8-13(15-11-16)21(18,19)17-6-4-14(9-17)5-7-20-10-14/h8,11-12H,3-7,9-10H2,1-2H3/t12-,14+/m0/s1. The van der Waals surface area contributed by atoms with Crippen molar-refractivity contribution in [3.63, 3.8) is 0 Å². The van der Waals surface area contributed by atoms with Crippen LogP contribution in [-0.4, -0.2) is 48.6 Å². The first-order chi connectivity index (χ1) is 9.97. The molecule has 2 atom stereocenters. The topological polar surface area (TPSA) is 64.4 Å². The second-order valence-corrected chi connectivity index (χ2v) is 8.19. The Hall–Kier alpha value is -0.920. The Balaban J connectivity index is 1.79. The molecule has 2 aliphatic heterocycles. The summed E-state index contributed by atoms with van der Waals surface area (Å²) in [6.07, 6.45) is 6.06. The smallest absolute Gasteiger partial charge is 0.262 e. The van der Waals surface area contributed by atoms with Crippen molar-refractivity contribution in [1.82, 2.24) is 13.9 Å². The van der Waals surface area contributed by atoms with Gasteiger partial charge in [0.25, 0.3) is 10.0 Å². The molecule has 6 nitrogen and oxygen atoms in total. The van der Waals surface area contributed by atoms with Crippen molar-refractivity contribution in [2.24, 2.45) is 5.41 Å². The Bertz CT molecular complexity index is 605. The summed E-state index contributed by atoms with van der Waals surface area (Å²) >= 11 is 0. The van der Waals surface area contributed by atoms with E-state index in [1.165, 1.54) is 0 Å². The lowest BCUT2D eigenvalue weighted by Crippen LogP contribution is -2.32. The predicted octanol–water partition coefficient (Wildman–Crippen LogP) is 1.66. The highest BCUT2D eigenvalue weighted by Crippen LogP contribution is 2.40. The molecule has 1 aromatic rings. The molecule has 0 aromatic carbocycles. The van der Waals surface area contributed by atoms with Gasteiger partial charge < -0.3 is 9.30 Å². The van der Waals surface area contributed by atoms with Crippen LogP contribution >= 0.6 is 0 Å². The summed E-state index contributed by atoms with van der Waals surface area (Å²) in [7, 11) is -3.48. The van der Waals surface area contributed by atoms with Crippen LogP contribution < -0.4 is 0 Å². The second kappa shape index (κ2) is 5.37. The number of nitrogens with zero attached hydrogens (tertiary/aromatic N) is 3. The van der Waals surface area contributed by atoms with Gasteiger partial charge in [-0.05, 0) is 26.2 Å². The maximum Gasteiger partial charge on any atom is 0.262 e. The zero-order chi connectivity index (χ0) is 15.1. The van der Waals surface area contributed by atoms with E-state index in [2.05, 4.69) is 18.8 Å². The lowest BCUT2D eigenvalue weighted by atomic mass is 9.87. The van der Waals surface area contributed by atoms with Gasteiger partial charge in [-0.25, -0.2) is 13.4 Å². The number of rotatable bonds is 4. The number of hydrogen-bond acceptors (Lipinski definition) is 4. The number of imidazole rings is 1. The first-order valence-electron chi connectivity index (χ1n) is 7.58. The van der Waals surface area contributed by atoms with E-state index in [0.29, 0.717) is 19.7 Å². The fourth-order valence-electron chi connectivity index (χ4n) is 3.11. The van der Waals surface area contributed by atoms with Crippen LogP contribution in [0.3, 0.4) is 0 Å². The third kappa shape index (κ3) is 2.62. The van der Waals surface area contributed by atoms with E-state index in [0.717, 1.165) is 25.9 Å². The Morgan fingerprint density at radius 2 is 2.29 bits per heavy atom. The van der Waals surface area contributed by atoms with Crippen LogP contribution in [0.4, 0.5) is 0 Å². The maximum absolute atomic E-state index is 12.7. The lowest BCUT2D eigenvalue weighted by Gasteiger charge is -2.21. The molecule has 1 spiro atoms. The van der Waals surface area contributed by atoms with E-state index < -0.39 is 10.0 Å². The minimum atomic E-state index is -3.48. The molecule has 0 bridgehead atoms. The van der Waals surface area contributed by atoms with Gasteiger partial charge in [0.05, 0.1) is 12.9 Å². The first kappa shape index (κ1) is 15.0. The lowest BCUT2D eigenvalue weighted by molar-refractivity contribution is 0.157. The third-order valence-corrected chi connectivity index (χ3v) is 6.60. The Labute approximate surface area is 126 Å². The summed E-state index contributed by atoms with van der Waals surface area (Å²) in [4.78, 5) is 4.12. The molecule has 0 unspecified atom stereocenters. The van der Waals surface area contributed by atoms with Gasteiger partial charge in [0.15, 0.2) is 5.03 Å². The van der Waals surface area contributed by atoms with Gasteiger partial charge in [-0.1, -0.05) is 6.92 Å². The van der Waals surface area contributed by atoms with Crippen molar-refractivity contribution in [1.29, 1.82) is 0 Å². The highest BCUT2D eigenvalue weighted by Gasteiger charge is 2.45. The fraction of sp³-hybridized carbons (Fsp3) is 0.786. The molecule has 3 heterocycles. The molecule has 0 aliphatic carbocycles. The van der Waals surface area contributed by atoms with Crippen molar-refractivity contribution in [2.45, 2.75) is 44.2 Å². The van der Waals surface area contributed by atoms with Crippen LogP contribution in [0.5, 0.6) is 0 Å². The maximum atomic E-state index is 12.7. The summed E-state index contributed by atoms with van der Waals surface area (Å²) < 4.78 is 34.3. The molecule has 7 heteroatoms. The van der Waals surface area contributed by atoms with Crippen LogP contribution in [0.25, 0.3) is 0 Å². The number of sulfonamides is 1. The van der Waals surface area contributed by atoms with Gasteiger partial charge in [0.2, 0.25) is 0 Å². The molecule has 118 valence electrons. The van der Waals surface area contributed by atoms with Crippen molar-refractivity contribution < 1.29 is 13.2 Å². The highest BCUT2D eigenvalue weighted by molar-refractivity contribution is 7.89. The van der Waals surface area contributed by atoms with Gasteiger partial charge in [0, 0.05) is 37.4 Å². The Morgan fingerprint density at radius 1 is 1.48 bits per heavy atom. The van der Waals surface area contributed by atoms with Gasteiger partial charge in [-0.3, -0.25) is 0 Å². The molecule has 0 amide bonds. The number of hydrogen-bond donors (Lipinski definition) is 0. The normalized spacial score (nSPS) is 28.5. The molecule has 0 saturated carbocycles. The minimum Gasteiger partial charge on any atom is -0.381 e. The van der Waals surface area contributed by atoms with Gasteiger partial charge >= 0.3 is 0 Å². The van der Waals surface area contributed by atoms with Crippen molar-refractivity contribution in [2.75, 3.05) is 26.3 Å². The average molecular weight is 313 g/mol. The van der Waals surface area contributed by atoms with Crippen LogP contribution in [0.2, 0.25) is 0 Å². The molecule has 0 radical (unpaired) electrons. The van der Waals surface area contributed by atoms with Crippen LogP contribution in [0, 0.1) is 5.41 Å². The molecule has 2 fully saturated rings. The van der Waals surface area contributed by atoms with E-state index in [1.54, 1.807) is 16.8 Å². The van der Waals surface area contributed by atoms with E-state index in [9.17, 15) is 8.42 Å². The van der Waals surface area contributed by atoms with Crippen molar-refractivity contribution in [3.05, 3.63) is 12.5 Å². The van der Waals surface area contributed by atoms with Crippen LogP contribution in [0.15, 0.2) is 17.6 Å². The molecule has 3 rings (SSSR count). The van der Waals surface area contributed by atoms with Gasteiger partial charge in [0.1, 0.15) is 0 Å². The summed E-state index contributed by atoms with van der Waals surface area (Å²) in [6.45, 7) is 6.69. The van der Waals surface area contributed by atoms with E-state index in [1.807, 2.05) is 4.57 Å². The molecule has 21 heavy (non-hydrogen) atoms. The largest absolute Gasteiger partial charge is 0.381 e. The number of aromatic nitrogens is 2. The third-order valence-electron chi connectivity index (χ3n) is 4.87. The molecule has 2 saturated heterocycles. The molecular formula is C14H23N3O3S. The van der Waals surface area contributed by atoms with Crippen molar-refractivity contribution >= 4 is 10.0 Å². The molecule has 2 aliphatic rings. The van der Waals surface area contributed by atoms with E-state index in [-0.39, 0.29) is 16.5 Å². The monoisotopic (exact) mass is 313 g/mol. The summed E-state index contributed by atoms with van der Waals surface area (Å²) in [5.74, 6) is 0. The van der Waals surface area contributed by atoms with Gasteiger partial charge in [-0.15, -0.1) is 0 Å². The minimum absolute atomic E-state index is 0.0341.